The molecule has 0 aromatic heterocycles. The first kappa shape index (κ1) is 20.5. The molecule has 0 radical (unpaired) electrons. The van der Waals surface area contributed by atoms with E-state index in [-0.39, 0.29) is 11.4 Å². The van der Waals surface area contributed by atoms with Crippen molar-refractivity contribution in [3.8, 4) is 11.5 Å². The molecule has 3 saturated heterocycles. The van der Waals surface area contributed by atoms with Gasteiger partial charge in [-0.3, -0.25) is 14.6 Å². The van der Waals surface area contributed by atoms with E-state index in [1.807, 2.05) is 54.6 Å². The molecule has 5 rings (SSSR count). The van der Waals surface area contributed by atoms with E-state index >= 15 is 0 Å². The molecular weight excluding hydrogens is 390 g/mol. The zero-order chi connectivity index (χ0) is 21.1. The largest absolute Gasteiger partial charge is 0.457 e. The molecule has 2 aromatic carbocycles. The number of carbonyl (C=O) groups excluding carboxylic acids is 1. The number of para-hydroxylation sites is 1. The highest BCUT2D eigenvalue weighted by Crippen LogP contribution is 2.41. The average molecular weight is 422 g/mol. The number of piperazine rings is 1. The molecule has 3 aliphatic rings. The van der Waals surface area contributed by atoms with Crippen molar-refractivity contribution in [1.82, 2.24) is 9.80 Å². The Labute approximate surface area is 184 Å². The summed E-state index contributed by atoms with van der Waals surface area (Å²) in [6.45, 7) is 5.24. The first-order chi connectivity index (χ1) is 15.2. The second-order valence-corrected chi connectivity index (χ2v) is 8.82. The Balaban J connectivity index is 1.22. The number of benzene rings is 2. The summed E-state index contributed by atoms with van der Waals surface area (Å²) in [5.74, 6) is 1.60. The van der Waals surface area contributed by atoms with E-state index in [1.165, 1.54) is 19.4 Å². The Morgan fingerprint density at radius 1 is 1.00 bits per heavy atom. The zero-order valence-corrected chi connectivity index (χ0v) is 18.0. The topological polar surface area (TPSA) is 54.0 Å². The minimum Gasteiger partial charge on any atom is -0.457 e. The monoisotopic (exact) mass is 421 g/mol. The SMILES string of the molecule is O=C(CN1CCN2CCC[C@H]2C12CCOCC2)Nc1ccc(Oc2ccccc2)cc1. The lowest BCUT2D eigenvalue weighted by Gasteiger charge is -2.56. The van der Waals surface area contributed by atoms with Crippen molar-refractivity contribution in [3.05, 3.63) is 54.6 Å². The van der Waals surface area contributed by atoms with Crippen LogP contribution in [-0.2, 0) is 9.53 Å². The Morgan fingerprint density at radius 2 is 1.74 bits per heavy atom. The van der Waals surface area contributed by atoms with E-state index in [1.54, 1.807) is 0 Å². The molecule has 6 nitrogen and oxygen atoms in total. The van der Waals surface area contributed by atoms with Gasteiger partial charge < -0.3 is 14.8 Å². The highest BCUT2D eigenvalue weighted by Gasteiger charge is 2.51. The van der Waals surface area contributed by atoms with Crippen molar-refractivity contribution in [2.75, 3.05) is 44.7 Å². The Hall–Kier alpha value is -2.41. The normalized spacial score (nSPS) is 23.4. The van der Waals surface area contributed by atoms with Gasteiger partial charge >= 0.3 is 0 Å². The van der Waals surface area contributed by atoms with Gasteiger partial charge in [-0.1, -0.05) is 18.2 Å². The van der Waals surface area contributed by atoms with Gasteiger partial charge in [-0.15, -0.1) is 0 Å². The molecule has 164 valence electrons. The number of rotatable bonds is 5. The number of anilines is 1. The van der Waals surface area contributed by atoms with Gasteiger partial charge in [0, 0.05) is 43.6 Å². The smallest absolute Gasteiger partial charge is 0.238 e. The summed E-state index contributed by atoms with van der Waals surface area (Å²) in [5, 5.41) is 3.08. The predicted octanol–water partition coefficient (Wildman–Crippen LogP) is 3.75. The molecule has 1 atom stereocenters. The van der Waals surface area contributed by atoms with Crippen LogP contribution in [-0.4, -0.2) is 66.7 Å². The lowest BCUT2D eigenvalue weighted by molar-refractivity contribution is -0.128. The molecule has 1 amide bonds. The summed E-state index contributed by atoms with van der Waals surface area (Å²) in [7, 11) is 0. The van der Waals surface area contributed by atoms with Crippen LogP contribution < -0.4 is 10.1 Å². The third-order valence-corrected chi connectivity index (χ3v) is 7.08. The molecule has 1 N–H and O–H groups in total. The zero-order valence-electron chi connectivity index (χ0n) is 18.0. The molecular formula is C25H31N3O3. The highest BCUT2D eigenvalue weighted by molar-refractivity contribution is 5.92. The van der Waals surface area contributed by atoms with Gasteiger partial charge in [-0.25, -0.2) is 0 Å². The fourth-order valence-electron chi connectivity index (χ4n) is 5.60. The van der Waals surface area contributed by atoms with Crippen LogP contribution in [0.25, 0.3) is 0 Å². The lowest BCUT2D eigenvalue weighted by Crippen LogP contribution is -2.68. The van der Waals surface area contributed by atoms with Crippen LogP contribution in [0.3, 0.4) is 0 Å². The van der Waals surface area contributed by atoms with Crippen molar-refractivity contribution in [3.63, 3.8) is 0 Å². The van der Waals surface area contributed by atoms with Crippen molar-refractivity contribution >= 4 is 11.6 Å². The summed E-state index contributed by atoms with van der Waals surface area (Å²) in [6.07, 6.45) is 4.55. The van der Waals surface area contributed by atoms with Crippen LogP contribution in [0.15, 0.2) is 54.6 Å². The van der Waals surface area contributed by atoms with Crippen molar-refractivity contribution < 1.29 is 14.3 Å². The van der Waals surface area contributed by atoms with Gasteiger partial charge in [-0.2, -0.15) is 0 Å². The first-order valence-electron chi connectivity index (χ1n) is 11.4. The third-order valence-electron chi connectivity index (χ3n) is 7.08. The van der Waals surface area contributed by atoms with Crippen molar-refractivity contribution in [2.24, 2.45) is 0 Å². The molecule has 6 heteroatoms. The number of fused-ring (bicyclic) bond motifs is 2. The van der Waals surface area contributed by atoms with E-state index in [9.17, 15) is 4.79 Å². The first-order valence-corrected chi connectivity index (χ1v) is 11.4. The molecule has 1 spiro atoms. The van der Waals surface area contributed by atoms with Crippen LogP contribution in [0, 0.1) is 0 Å². The van der Waals surface area contributed by atoms with Crippen molar-refractivity contribution in [2.45, 2.75) is 37.3 Å². The van der Waals surface area contributed by atoms with Crippen LogP contribution in [0.2, 0.25) is 0 Å². The summed E-state index contributed by atoms with van der Waals surface area (Å²) in [6, 6.07) is 17.8. The van der Waals surface area contributed by atoms with Gasteiger partial charge in [0.1, 0.15) is 11.5 Å². The fraction of sp³-hybridized carbons (Fsp3) is 0.480. The number of amides is 1. The maximum atomic E-state index is 12.9. The third kappa shape index (κ3) is 4.33. The van der Waals surface area contributed by atoms with Gasteiger partial charge in [0.15, 0.2) is 0 Å². The summed E-state index contributed by atoms with van der Waals surface area (Å²) < 4.78 is 11.5. The second-order valence-electron chi connectivity index (χ2n) is 8.82. The number of nitrogens with one attached hydrogen (secondary N) is 1. The number of carbonyl (C=O) groups is 1. The standard InChI is InChI=1S/C25H31N3O3/c29-24(26-20-8-10-22(11-9-20)31-21-5-2-1-3-6-21)19-28-16-15-27-14-4-7-23(27)25(28)12-17-30-18-13-25/h1-3,5-6,8-11,23H,4,7,12-19H2,(H,26,29)/t23-/m0/s1. The molecule has 3 aliphatic heterocycles. The van der Waals surface area contributed by atoms with Crippen LogP contribution in [0.1, 0.15) is 25.7 Å². The van der Waals surface area contributed by atoms with Crippen molar-refractivity contribution in [1.29, 1.82) is 0 Å². The van der Waals surface area contributed by atoms with E-state index in [0.717, 1.165) is 56.3 Å². The van der Waals surface area contributed by atoms with Gasteiger partial charge in [0.25, 0.3) is 0 Å². The predicted molar refractivity (Wildman–Crippen MR) is 121 cm³/mol. The van der Waals surface area contributed by atoms with Crippen LogP contribution in [0.4, 0.5) is 5.69 Å². The highest BCUT2D eigenvalue weighted by atomic mass is 16.5. The molecule has 0 unspecified atom stereocenters. The molecule has 31 heavy (non-hydrogen) atoms. The second kappa shape index (κ2) is 8.99. The molecule has 0 saturated carbocycles. The fourth-order valence-corrected chi connectivity index (χ4v) is 5.60. The van der Waals surface area contributed by atoms with E-state index in [2.05, 4.69) is 15.1 Å². The number of hydrogen-bond donors (Lipinski definition) is 1. The van der Waals surface area contributed by atoms with Crippen LogP contribution >= 0.6 is 0 Å². The molecule has 2 aromatic rings. The maximum absolute atomic E-state index is 12.9. The summed E-state index contributed by atoms with van der Waals surface area (Å²) >= 11 is 0. The average Bonchev–Trinajstić information content (AvgIpc) is 3.29. The number of nitrogens with zero attached hydrogens (tertiary/aromatic N) is 2. The van der Waals surface area contributed by atoms with E-state index in [4.69, 9.17) is 9.47 Å². The van der Waals surface area contributed by atoms with E-state index < -0.39 is 0 Å². The molecule has 0 aliphatic carbocycles. The summed E-state index contributed by atoms with van der Waals surface area (Å²) in [5.41, 5.74) is 0.878. The Bertz CT molecular complexity index is 881. The van der Waals surface area contributed by atoms with Gasteiger partial charge in [-0.05, 0) is 68.6 Å². The maximum Gasteiger partial charge on any atom is 0.238 e. The molecule has 3 fully saturated rings. The lowest BCUT2D eigenvalue weighted by atomic mass is 9.78. The number of hydrogen-bond acceptors (Lipinski definition) is 5. The molecule has 0 bridgehead atoms. The molecule has 3 heterocycles. The quantitative estimate of drug-likeness (QED) is 0.797. The van der Waals surface area contributed by atoms with E-state index in [0.29, 0.717) is 12.6 Å². The van der Waals surface area contributed by atoms with Gasteiger partial charge in [0.2, 0.25) is 5.91 Å². The Kier molecular flexibility index (Phi) is 5.94. The number of ether oxygens (including phenoxy) is 2. The summed E-state index contributed by atoms with van der Waals surface area (Å²) in [4.78, 5) is 18.0. The Morgan fingerprint density at radius 3 is 2.52 bits per heavy atom. The minimum atomic E-state index is 0.0500. The minimum absolute atomic E-state index is 0.0500. The van der Waals surface area contributed by atoms with Gasteiger partial charge in [0.05, 0.1) is 6.54 Å². The van der Waals surface area contributed by atoms with Crippen LogP contribution in [0.5, 0.6) is 11.5 Å².